The van der Waals surface area contributed by atoms with Gasteiger partial charge < -0.3 is 5.11 Å². The number of carboxylic acids is 1. The SMILES string of the molecule is Cc1cc(S(=O)(=O)NC(C)C(=O)O)ccc1[N+](=O)[O-]. The summed E-state index contributed by atoms with van der Waals surface area (Å²) in [5, 5.41) is 19.3. The Kier molecular flexibility index (Phi) is 4.22. The van der Waals surface area contributed by atoms with Crippen LogP contribution in [0.1, 0.15) is 12.5 Å². The van der Waals surface area contributed by atoms with Crippen LogP contribution in [0.4, 0.5) is 5.69 Å². The molecule has 1 aromatic carbocycles. The molecule has 19 heavy (non-hydrogen) atoms. The smallest absolute Gasteiger partial charge is 0.321 e. The summed E-state index contributed by atoms with van der Waals surface area (Å²) in [5.41, 5.74) is -0.0268. The van der Waals surface area contributed by atoms with E-state index < -0.39 is 27.0 Å². The number of benzene rings is 1. The molecule has 0 bridgehead atoms. The topological polar surface area (TPSA) is 127 Å². The summed E-state index contributed by atoms with van der Waals surface area (Å²) in [7, 11) is -4.02. The number of nitrogens with one attached hydrogen (secondary N) is 1. The number of rotatable bonds is 5. The summed E-state index contributed by atoms with van der Waals surface area (Å²) in [4.78, 5) is 20.4. The molecule has 1 atom stereocenters. The molecule has 9 heteroatoms. The maximum absolute atomic E-state index is 11.8. The van der Waals surface area contributed by atoms with Crippen LogP contribution in [0.15, 0.2) is 23.1 Å². The first-order valence-electron chi connectivity index (χ1n) is 5.15. The van der Waals surface area contributed by atoms with Gasteiger partial charge in [-0.1, -0.05) is 0 Å². The van der Waals surface area contributed by atoms with E-state index in [-0.39, 0.29) is 16.1 Å². The van der Waals surface area contributed by atoms with Gasteiger partial charge in [-0.15, -0.1) is 0 Å². The Labute approximate surface area is 109 Å². The van der Waals surface area contributed by atoms with Gasteiger partial charge in [-0.2, -0.15) is 4.72 Å². The van der Waals surface area contributed by atoms with E-state index in [1.807, 2.05) is 4.72 Å². The number of carboxylic acid groups (broad SMARTS) is 1. The molecule has 1 unspecified atom stereocenters. The van der Waals surface area contributed by atoms with Gasteiger partial charge in [0, 0.05) is 11.6 Å². The van der Waals surface area contributed by atoms with Gasteiger partial charge in [0.1, 0.15) is 6.04 Å². The van der Waals surface area contributed by atoms with Gasteiger partial charge in [0.2, 0.25) is 10.0 Å². The zero-order chi connectivity index (χ0) is 14.8. The van der Waals surface area contributed by atoms with Crippen LogP contribution in [0.3, 0.4) is 0 Å². The highest BCUT2D eigenvalue weighted by Crippen LogP contribution is 2.21. The van der Waals surface area contributed by atoms with E-state index in [0.717, 1.165) is 18.2 Å². The number of aryl methyl sites for hydroxylation is 1. The minimum absolute atomic E-state index is 0.177. The van der Waals surface area contributed by atoms with E-state index in [9.17, 15) is 23.3 Å². The molecule has 104 valence electrons. The Morgan fingerprint density at radius 3 is 2.47 bits per heavy atom. The summed E-state index contributed by atoms with van der Waals surface area (Å²) >= 11 is 0. The third kappa shape index (κ3) is 3.48. The molecular weight excluding hydrogens is 276 g/mol. The van der Waals surface area contributed by atoms with E-state index in [1.54, 1.807) is 0 Å². The largest absolute Gasteiger partial charge is 0.480 e. The fourth-order valence-corrected chi connectivity index (χ4v) is 2.63. The Hall–Kier alpha value is -2.00. The highest BCUT2D eigenvalue weighted by Gasteiger charge is 2.23. The van der Waals surface area contributed by atoms with Crippen LogP contribution >= 0.6 is 0 Å². The third-order valence-corrected chi connectivity index (χ3v) is 3.92. The number of aliphatic carboxylic acids is 1. The Morgan fingerprint density at radius 1 is 1.47 bits per heavy atom. The van der Waals surface area contributed by atoms with Crippen molar-refractivity contribution in [3.05, 3.63) is 33.9 Å². The molecule has 1 rings (SSSR count). The van der Waals surface area contributed by atoms with Crippen molar-refractivity contribution < 1.29 is 23.2 Å². The van der Waals surface area contributed by atoms with Crippen LogP contribution in [0.2, 0.25) is 0 Å². The molecule has 0 radical (unpaired) electrons. The zero-order valence-corrected chi connectivity index (χ0v) is 11.0. The van der Waals surface area contributed by atoms with E-state index in [2.05, 4.69) is 0 Å². The number of nitrogens with zero attached hydrogens (tertiary/aromatic N) is 1. The van der Waals surface area contributed by atoms with Crippen LogP contribution < -0.4 is 4.72 Å². The molecule has 0 aliphatic heterocycles. The van der Waals surface area contributed by atoms with E-state index in [1.165, 1.54) is 13.8 Å². The lowest BCUT2D eigenvalue weighted by Gasteiger charge is -2.10. The Balaban J connectivity index is 3.13. The minimum Gasteiger partial charge on any atom is -0.480 e. The van der Waals surface area contributed by atoms with Crippen molar-refractivity contribution in [2.24, 2.45) is 0 Å². The highest BCUT2D eigenvalue weighted by molar-refractivity contribution is 7.89. The molecule has 0 saturated heterocycles. The monoisotopic (exact) mass is 288 g/mol. The van der Waals surface area contributed by atoms with Gasteiger partial charge in [0.05, 0.1) is 9.82 Å². The molecule has 0 spiro atoms. The normalized spacial score (nSPS) is 12.9. The van der Waals surface area contributed by atoms with Crippen molar-refractivity contribution in [1.29, 1.82) is 0 Å². The fourth-order valence-electron chi connectivity index (χ4n) is 1.35. The van der Waals surface area contributed by atoms with Crippen LogP contribution in [0.25, 0.3) is 0 Å². The molecule has 0 heterocycles. The average molecular weight is 288 g/mol. The molecule has 0 fully saturated rings. The Morgan fingerprint density at radius 2 is 2.05 bits per heavy atom. The molecule has 0 saturated carbocycles. The number of nitro benzene ring substituents is 1. The first-order chi connectivity index (χ1) is 8.65. The molecule has 0 aliphatic rings. The summed E-state index contributed by atoms with van der Waals surface area (Å²) < 4.78 is 25.6. The van der Waals surface area contributed by atoms with E-state index in [4.69, 9.17) is 5.11 Å². The van der Waals surface area contributed by atoms with Crippen molar-refractivity contribution in [1.82, 2.24) is 4.72 Å². The standard InChI is InChI=1S/C10H12N2O6S/c1-6-5-8(3-4-9(6)12(15)16)19(17,18)11-7(2)10(13)14/h3-5,7,11H,1-2H3,(H,13,14). The Bertz CT molecular complexity index is 625. The quantitative estimate of drug-likeness (QED) is 0.605. The molecular formula is C10H12N2O6S. The number of sulfonamides is 1. The third-order valence-electron chi connectivity index (χ3n) is 2.38. The summed E-state index contributed by atoms with van der Waals surface area (Å²) in [5.74, 6) is -1.32. The number of nitro groups is 1. The second kappa shape index (κ2) is 5.33. The number of carbonyl (C=O) groups is 1. The lowest BCUT2D eigenvalue weighted by molar-refractivity contribution is -0.385. The van der Waals surface area contributed by atoms with Gasteiger partial charge in [0.25, 0.3) is 5.69 Å². The van der Waals surface area contributed by atoms with Crippen molar-refractivity contribution in [2.75, 3.05) is 0 Å². The van der Waals surface area contributed by atoms with Crippen molar-refractivity contribution in [2.45, 2.75) is 24.8 Å². The van der Waals surface area contributed by atoms with E-state index in [0.29, 0.717) is 0 Å². The summed E-state index contributed by atoms with van der Waals surface area (Å²) in [6.07, 6.45) is 0. The fraction of sp³-hybridized carbons (Fsp3) is 0.300. The molecule has 0 amide bonds. The second-order valence-corrected chi connectivity index (χ2v) is 5.60. The molecule has 1 aromatic rings. The number of hydrogen-bond donors (Lipinski definition) is 2. The van der Waals surface area contributed by atoms with Crippen LogP contribution in [-0.2, 0) is 14.8 Å². The maximum atomic E-state index is 11.8. The van der Waals surface area contributed by atoms with Gasteiger partial charge in [-0.25, -0.2) is 8.42 Å². The molecule has 8 nitrogen and oxygen atoms in total. The molecule has 0 aromatic heterocycles. The van der Waals surface area contributed by atoms with Gasteiger partial charge in [-0.3, -0.25) is 14.9 Å². The zero-order valence-electron chi connectivity index (χ0n) is 10.2. The first kappa shape index (κ1) is 15.1. The van der Waals surface area contributed by atoms with Crippen molar-refractivity contribution in [3.63, 3.8) is 0 Å². The van der Waals surface area contributed by atoms with Crippen molar-refractivity contribution >= 4 is 21.7 Å². The average Bonchev–Trinajstić information content (AvgIpc) is 2.27. The van der Waals surface area contributed by atoms with Crippen LogP contribution in [-0.4, -0.2) is 30.5 Å². The minimum atomic E-state index is -4.02. The van der Waals surface area contributed by atoms with Gasteiger partial charge >= 0.3 is 5.97 Å². The van der Waals surface area contributed by atoms with Crippen LogP contribution in [0, 0.1) is 17.0 Å². The molecule has 0 aliphatic carbocycles. The van der Waals surface area contributed by atoms with Crippen LogP contribution in [0.5, 0.6) is 0 Å². The van der Waals surface area contributed by atoms with Gasteiger partial charge in [0.15, 0.2) is 0 Å². The highest BCUT2D eigenvalue weighted by atomic mass is 32.2. The lowest BCUT2D eigenvalue weighted by Crippen LogP contribution is -2.38. The van der Waals surface area contributed by atoms with Gasteiger partial charge in [-0.05, 0) is 26.0 Å². The van der Waals surface area contributed by atoms with Crippen molar-refractivity contribution in [3.8, 4) is 0 Å². The maximum Gasteiger partial charge on any atom is 0.321 e. The first-order valence-corrected chi connectivity index (χ1v) is 6.63. The lowest BCUT2D eigenvalue weighted by atomic mass is 10.2. The molecule has 2 N–H and O–H groups in total. The number of hydrogen-bond acceptors (Lipinski definition) is 5. The van der Waals surface area contributed by atoms with E-state index >= 15 is 0 Å². The second-order valence-electron chi connectivity index (χ2n) is 3.89. The summed E-state index contributed by atoms with van der Waals surface area (Å²) in [6.45, 7) is 2.58. The predicted molar refractivity (Wildman–Crippen MR) is 65.3 cm³/mol. The predicted octanol–water partition coefficient (Wildman–Crippen LogP) is 0.655. The summed E-state index contributed by atoms with van der Waals surface area (Å²) in [6, 6.07) is 1.95.